The van der Waals surface area contributed by atoms with E-state index in [1.54, 1.807) is 4.90 Å². The Balaban J connectivity index is 1.71. The molecule has 2 aliphatic rings. The Labute approximate surface area is 158 Å². The van der Waals surface area contributed by atoms with Crippen molar-refractivity contribution in [2.24, 2.45) is 11.7 Å². The van der Waals surface area contributed by atoms with E-state index in [1.807, 2.05) is 0 Å². The van der Waals surface area contributed by atoms with Crippen LogP contribution in [0.25, 0.3) is 0 Å². The molecule has 10 heteroatoms. The first kappa shape index (κ1) is 19.7. The van der Waals surface area contributed by atoms with Crippen LogP contribution in [0.3, 0.4) is 0 Å². The number of nitrogens with two attached hydrogens (primary N) is 1. The number of carbonyl (C=O) groups excluding carboxylic acids is 1. The summed E-state index contributed by atoms with van der Waals surface area (Å²) >= 11 is 0. The fourth-order valence-corrected chi connectivity index (χ4v) is 5.15. The van der Waals surface area contributed by atoms with Crippen molar-refractivity contribution in [2.45, 2.75) is 36.6 Å². The van der Waals surface area contributed by atoms with Crippen molar-refractivity contribution in [1.29, 1.82) is 0 Å². The zero-order chi connectivity index (χ0) is 19.6. The Morgan fingerprint density at radius 2 is 1.74 bits per heavy atom. The Morgan fingerprint density at radius 1 is 1.11 bits per heavy atom. The van der Waals surface area contributed by atoms with Crippen LogP contribution in [-0.2, 0) is 14.8 Å². The lowest BCUT2D eigenvalue weighted by Gasteiger charge is -2.36. The third kappa shape index (κ3) is 4.28. The molecule has 1 atom stereocenters. The fourth-order valence-electron chi connectivity index (χ4n) is 3.63. The summed E-state index contributed by atoms with van der Waals surface area (Å²) in [6, 6.07) is 4.96. The minimum atomic E-state index is -3.79. The van der Waals surface area contributed by atoms with Crippen LogP contribution in [-0.4, -0.2) is 60.7 Å². The van der Waals surface area contributed by atoms with Gasteiger partial charge in [-0.1, -0.05) is 0 Å². The van der Waals surface area contributed by atoms with Gasteiger partial charge in [0, 0.05) is 44.4 Å². The van der Waals surface area contributed by atoms with Crippen molar-refractivity contribution in [3.8, 4) is 0 Å². The number of amides is 1. The third-order valence-corrected chi connectivity index (χ3v) is 7.15. The molecule has 2 fully saturated rings. The van der Waals surface area contributed by atoms with Crippen molar-refractivity contribution in [3.05, 3.63) is 34.4 Å². The van der Waals surface area contributed by atoms with E-state index in [9.17, 15) is 23.3 Å². The minimum Gasteiger partial charge on any atom is -0.342 e. The molecule has 1 aromatic rings. The quantitative estimate of drug-likeness (QED) is 0.596. The number of hydrogen-bond donors (Lipinski definition) is 1. The Morgan fingerprint density at radius 3 is 2.33 bits per heavy atom. The fraction of sp³-hybridized carbons (Fsp3) is 0.588. The van der Waals surface area contributed by atoms with Gasteiger partial charge in [0.15, 0.2) is 0 Å². The van der Waals surface area contributed by atoms with Crippen molar-refractivity contribution in [1.82, 2.24) is 9.21 Å². The van der Waals surface area contributed by atoms with Crippen molar-refractivity contribution < 1.29 is 18.1 Å². The predicted octanol–water partition coefficient (Wildman–Crippen LogP) is 0.945. The van der Waals surface area contributed by atoms with Crippen LogP contribution < -0.4 is 5.73 Å². The van der Waals surface area contributed by atoms with Gasteiger partial charge in [-0.3, -0.25) is 14.9 Å². The van der Waals surface area contributed by atoms with Gasteiger partial charge in [0.1, 0.15) is 0 Å². The number of sulfonamides is 1. The number of nitrogens with zero attached hydrogens (tertiary/aromatic N) is 3. The Bertz CT molecular complexity index is 803. The third-order valence-electron chi connectivity index (χ3n) is 5.27. The van der Waals surface area contributed by atoms with Crippen LogP contribution >= 0.6 is 0 Å². The second kappa shape index (κ2) is 7.91. The number of nitro benzene ring substituents is 1. The van der Waals surface area contributed by atoms with E-state index in [2.05, 4.69) is 0 Å². The molecule has 0 saturated carbocycles. The topological polar surface area (TPSA) is 127 Å². The van der Waals surface area contributed by atoms with Crippen LogP contribution in [0.5, 0.6) is 0 Å². The highest BCUT2D eigenvalue weighted by Crippen LogP contribution is 2.26. The van der Waals surface area contributed by atoms with E-state index in [0.29, 0.717) is 32.5 Å². The molecule has 0 aromatic heterocycles. The number of piperidine rings is 2. The number of nitro groups is 1. The molecule has 2 heterocycles. The monoisotopic (exact) mass is 396 g/mol. The van der Waals surface area contributed by atoms with Gasteiger partial charge in [-0.2, -0.15) is 4.31 Å². The molecule has 9 nitrogen and oxygen atoms in total. The molecule has 3 rings (SSSR count). The van der Waals surface area contributed by atoms with Crippen LogP contribution in [0, 0.1) is 16.0 Å². The maximum Gasteiger partial charge on any atom is 0.269 e. The highest BCUT2D eigenvalue weighted by Gasteiger charge is 2.35. The van der Waals surface area contributed by atoms with E-state index < -0.39 is 14.9 Å². The molecular formula is C17H24N4O5S. The largest absolute Gasteiger partial charge is 0.342 e. The predicted molar refractivity (Wildman–Crippen MR) is 98.4 cm³/mol. The SMILES string of the molecule is NC1CCN(C(=O)C2CCCN(S(=O)(=O)c3ccc([N+](=O)[O-])cc3)C2)CC1. The van der Waals surface area contributed by atoms with Gasteiger partial charge < -0.3 is 10.6 Å². The van der Waals surface area contributed by atoms with E-state index >= 15 is 0 Å². The van der Waals surface area contributed by atoms with Crippen molar-refractivity contribution in [3.63, 3.8) is 0 Å². The molecule has 0 bridgehead atoms. The van der Waals surface area contributed by atoms with E-state index in [0.717, 1.165) is 12.8 Å². The molecule has 1 aromatic carbocycles. The second-order valence-corrected chi connectivity index (χ2v) is 9.05. The van der Waals surface area contributed by atoms with Gasteiger partial charge in [-0.05, 0) is 37.8 Å². The normalized spacial score (nSPS) is 22.6. The number of rotatable bonds is 4. The molecule has 0 radical (unpaired) electrons. The van der Waals surface area contributed by atoms with Crippen LogP contribution in [0.2, 0.25) is 0 Å². The average molecular weight is 396 g/mol. The summed E-state index contributed by atoms with van der Waals surface area (Å²) in [6.07, 6.45) is 2.80. The van der Waals surface area contributed by atoms with Gasteiger partial charge in [-0.15, -0.1) is 0 Å². The molecule has 27 heavy (non-hydrogen) atoms. The molecule has 0 aliphatic carbocycles. The molecule has 148 valence electrons. The number of benzene rings is 1. The standard InChI is InChI=1S/C17H24N4O5S/c18-14-7-10-19(11-8-14)17(22)13-2-1-9-20(12-13)27(25,26)16-5-3-15(4-6-16)21(23)24/h3-6,13-14H,1-2,7-12,18H2. The summed E-state index contributed by atoms with van der Waals surface area (Å²) in [5, 5.41) is 10.7. The summed E-state index contributed by atoms with van der Waals surface area (Å²) in [5.41, 5.74) is 5.72. The molecule has 0 spiro atoms. The van der Waals surface area contributed by atoms with Crippen LogP contribution in [0.1, 0.15) is 25.7 Å². The average Bonchev–Trinajstić information content (AvgIpc) is 2.68. The zero-order valence-corrected chi connectivity index (χ0v) is 15.8. The number of hydrogen-bond acceptors (Lipinski definition) is 6. The maximum absolute atomic E-state index is 12.9. The highest BCUT2D eigenvalue weighted by atomic mass is 32.2. The summed E-state index contributed by atoms with van der Waals surface area (Å²) in [4.78, 5) is 24.7. The number of non-ortho nitro benzene ring substituents is 1. The van der Waals surface area contributed by atoms with Crippen molar-refractivity contribution >= 4 is 21.6 Å². The van der Waals surface area contributed by atoms with Gasteiger partial charge in [-0.25, -0.2) is 8.42 Å². The van der Waals surface area contributed by atoms with Crippen molar-refractivity contribution in [2.75, 3.05) is 26.2 Å². The van der Waals surface area contributed by atoms with Gasteiger partial charge in [0.05, 0.1) is 15.7 Å². The number of carbonyl (C=O) groups is 1. The first-order valence-corrected chi connectivity index (χ1v) is 10.5. The zero-order valence-electron chi connectivity index (χ0n) is 15.0. The Hall–Kier alpha value is -2.04. The molecule has 2 saturated heterocycles. The first-order valence-electron chi connectivity index (χ1n) is 9.08. The van der Waals surface area contributed by atoms with Gasteiger partial charge >= 0.3 is 0 Å². The van der Waals surface area contributed by atoms with Crippen LogP contribution in [0.4, 0.5) is 5.69 Å². The van der Waals surface area contributed by atoms with Gasteiger partial charge in [0.25, 0.3) is 5.69 Å². The summed E-state index contributed by atoms with van der Waals surface area (Å²) in [6.45, 7) is 1.71. The minimum absolute atomic E-state index is 0.00476. The lowest BCUT2D eigenvalue weighted by Crippen LogP contribution is -2.49. The molecule has 2 aliphatic heterocycles. The van der Waals surface area contributed by atoms with E-state index in [-0.39, 0.29) is 35.0 Å². The Kier molecular flexibility index (Phi) is 5.78. The first-order chi connectivity index (χ1) is 12.8. The smallest absolute Gasteiger partial charge is 0.269 e. The van der Waals surface area contributed by atoms with Gasteiger partial charge in [0.2, 0.25) is 15.9 Å². The van der Waals surface area contributed by atoms with E-state index in [1.165, 1.54) is 28.6 Å². The second-order valence-electron chi connectivity index (χ2n) is 7.12. The molecule has 1 amide bonds. The summed E-state index contributed by atoms with van der Waals surface area (Å²) < 4.78 is 27.1. The summed E-state index contributed by atoms with van der Waals surface area (Å²) in [7, 11) is -3.79. The van der Waals surface area contributed by atoms with Crippen LogP contribution in [0.15, 0.2) is 29.2 Å². The van der Waals surface area contributed by atoms with E-state index in [4.69, 9.17) is 5.73 Å². The lowest BCUT2D eigenvalue weighted by atomic mass is 9.96. The summed E-state index contributed by atoms with van der Waals surface area (Å²) in [5.74, 6) is -0.369. The molecule has 1 unspecified atom stereocenters. The highest BCUT2D eigenvalue weighted by molar-refractivity contribution is 7.89. The maximum atomic E-state index is 12.9. The molecular weight excluding hydrogens is 372 g/mol. The lowest BCUT2D eigenvalue weighted by molar-refractivity contribution is -0.384. The molecule has 2 N–H and O–H groups in total. The number of likely N-dealkylation sites (tertiary alicyclic amines) is 1.